The summed E-state index contributed by atoms with van der Waals surface area (Å²) in [6.07, 6.45) is 30.3. The highest BCUT2D eigenvalue weighted by molar-refractivity contribution is 5.23. The lowest BCUT2D eigenvalue weighted by molar-refractivity contribution is -0.139. The molecule has 0 N–H and O–H groups in total. The molecule has 0 saturated heterocycles. The molecule has 0 aliphatic carbocycles. The maximum atomic E-state index is 5.68. The molecular formula is C44H70O7. The summed E-state index contributed by atoms with van der Waals surface area (Å²) in [5, 5.41) is 0. The maximum absolute atomic E-state index is 5.68. The number of ether oxygens (including phenoxy) is 7. The molecule has 2 aromatic carbocycles. The number of unbranched alkanes of at least 4 members (excludes halogenated alkanes) is 10. The first kappa shape index (κ1) is 44.8. The molecule has 51 heavy (non-hydrogen) atoms. The second kappa shape index (κ2) is 32.3. The second-order valence-corrected chi connectivity index (χ2v) is 13.3. The van der Waals surface area contributed by atoms with Gasteiger partial charge in [0.25, 0.3) is 0 Å². The topological polar surface area (TPSA) is 64.6 Å². The highest BCUT2D eigenvalue weighted by Crippen LogP contribution is 2.14. The Kier molecular flexibility index (Phi) is 28.4. The Hall–Kier alpha value is -2.36. The normalized spacial score (nSPS) is 12.0. The Morgan fingerprint density at radius 3 is 1.12 bits per heavy atom. The van der Waals surface area contributed by atoms with Gasteiger partial charge in [0.15, 0.2) is 12.6 Å². The molecule has 0 atom stereocenters. The van der Waals surface area contributed by atoms with Crippen LogP contribution in [0.4, 0.5) is 0 Å². The fraction of sp³-hybridized carbons (Fsp3) is 0.636. The maximum Gasteiger partial charge on any atom is 0.156 e. The summed E-state index contributed by atoms with van der Waals surface area (Å²) in [5.41, 5.74) is 5.01. The van der Waals surface area contributed by atoms with Gasteiger partial charge in [-0.3, -0.25) is 0 Å². The van der Waals surface area contributed by atoms with Gasteiger partial charge in [-0.1, -0.05) is 111 Å². The Bertz CT molecular complexity index is 1000. The lowest BCUT2D eigenvalue weighted by Crippen LogP contribution is -2.12. The molecule has 0 aliphatic rings. The zero-order valence-electron chi connectivity index (χ0n) is 32.5. The summed E-state index contributed by atoms with van der Waals surface area (Å²) >= 11 is 0. The van der Waals surface area contributed by atoms with Crippen LogP contribution in [0.15, 0.2) is 72.8 Å². The number of benzene rings is 2. The van der Waals surface area contributed by atoms with E-state index in [0.717, 1.165) is 49.7 Å². The van der Waals surface area contributed by atoms with Crippen LogP contribution in [0, 0.1) is 0 Å². The number of allylic oxidation sites excluding steroid dienone is 4. The van der Waals surface area contributed by atoms with Crippen LogP contribution in [-0.2, 0) is 59.2 Å². The summed E-state index contributed by atoms with van der Waals surface area (Å²) in [6.45, 7) is 1.49. The molecule has 0 aliphatic heterocycles. The van der Waals surface area contributed by atoms with Crippen LogP contribution in [-0.4, -0.2) is 54.6 Å². The first-order chi connectivity index (χ1) is 25.2. The van der Waals surface area contributed by atoms with Crippen LogP contribution >= 0.6 is 0 Å². The molecule has 0 bridgehead atoms. The summed E-state index contributed by atoms with van der Waals surface area (Å²) in [4.78, 5) is 0. The van der Waals surface area contributed by atoms with Gasteiger partial charge in [0.1, 0.15) is 13.6 Å². The van der Waals surface area contributed by atoms with Crippen LogP contribution in [0.1, 0.15) is 125 Å². The van der Waals surface area contributed by atoms with Gasteiger partial charge in [-0.2, -0.15) is 0 Å². The van der Waals surface area contributed by atoms with E-state index in [1.54, 1.807) is 28.4 Å². The molecule has 0 aromatic heterocycles. The fourth-order valence-electron chi connectivity index (χ4n) is 5.92. The van der Waals surface area contributed by atoms with Gasteiger partial charge >= 0.3 is 0 Å². The van der Waals surface area contributed by atoms with Crippen molar-refractivity contribution < 1.29 is 33.2 Å². The lowest BCUT2D eigenvalue weighted by atomic mass is 10.1. The minimum Gasteiger partial charge on any atom is -0.356 e. The standard InChI is InChI=1S/C44H70O7/c1-45-43(46-2)25-21-17-13-9-5-7-11-15-19-23-39-27-31-41(32-28-39)35-49-37-51-38-50-36-42-33-29-40(30-34-42)24-20-16-12-8-6-10-14-18-22-26-44(47-3)48-4/h11-12,15-16,27-34,43-44H,5-10,13-14,17-26,35-38H2,1-4H3/b15-11-,16-12-. The third-order valence-electron chi connectivity index (χ3n) is 9.12. The molecule has 0 heterocycles. The van der Waals surface area contributed by atoms with Crippen LogP contribution < -0.4 is 0 Å². The number of rotatable bonds is 34. The SMILES string of the molecule is COC(CCCCCCC/C=C\CCc1ccc(COCOCOCc2ccc(CC/C=C\CCCCCCCC(OC)OC)cc2)cc1)OC. The van der Waals surface area contributed by atoms with Gasteiger partial charge in [-0.15, -0.1) is 0 Å². The van der Waals surface area contributed by atoms with Crippen molar-refractivity contribution in [1.82, 2.24) is 0 Å². The van der Waals surface area contributed by atoms with E-state index in [2.05, 4.69) is 72.8 Å². The number of hydrogen-bond donors (Lipinski definition) is 0. The first-order valence-corrected chi connectivity index (χ1v) is 19.5. The Morgan fingerprint density at radius 1 is 0.392 bits per heavy atom. The van der Waals surface area contributed by atoms with Crippen LogP contribution in [0.2, 0.25) is 0 Å². The quantitative estimate of drug-likeness (QED) is 0.0407. The van der Waals surface area contributed by atoms with Crippen molar-refractivity contribution in [3.05, 3.63) is 95.1 Å². The van der Waals surface area contributed by atoms with Gasteiger partial charge in [-0.05, 0) is 99.3 Å². The molecule has 0 fully saturated rings. The minimum absolute atomic E-state index is 0.0492. The molecule has 0 saturated carbocycles. The molecule has 7 heteroatoms. The van der Waals surface area contributed by atoms with Crippen LogP contribution in [0.3, 0.4) is 0 Å². The number of aryl methyl sites for hydroxylation is 2. The van der Waals surface area contributed by atoms with Gasteiger partial charge in [0.05, 0.1) is 13.2 Å². The lowest BCUT2D eigenvalue weighted by Gasteiger charge is -2.12. The van der Waals surface area contributed by atoms with Crippen molar-refractivity contribution in [2.75, 3.05) is 42.0 Å². The van der Waals surface area contributed by atoms with Gasteiger partial charge in [0, 0.05) is 28.4 Å². The first-order valence-electron chi connectivity index (χ1n) is 19.5. The zero-order valence-corrected chi connectivity index (χ0v) is 32.5. The van der Waals surface area contributed by atoms with Gasteiger partial charge in [-0.25, -0.2) is 0 Å². The fourth-order valence-corrected chi connectivity index (χ4v) is 5.92. The third-order valence-corrected chi connectivity index (χ3v) is 9.12. The van der Waals surface area contributed by atoms with E-state index in [1.807, 2.05) is 0 Å². The predicted molar refractivity (Wildman–Crippen MR) is 208 cm³/mol. The predicted octanol–water partition coefficient (Wildman–Crippen LogP) is 11.0. The van der Waals surface area contributed by atoms with Crippen molar-refractivity contribution in [3.63, 3.8) is 0 Å². The molecule has 0 spiro atoms. The Balaban J connectivity index is 1.40. The van der Waals surface area contributed by atoms with Gasteiger partial charge in [0.2, 0.25) is 0 Å². The third kappa shape index (κ3) is 24.5. The van der Waals surface area contributed by atoms with Gasteiger partial charge < -0.3 is 33.2 Å². The molecule has 0 unspecified atom stereocenters. The van der Waals surface area contributed by atoms with Crippen LogP contribution in [0.5, 0.6) is 0 Å². The monoisotopic (exact) mass is 711 g/mol. The number of hydrogen-bond acceptors (Lipinski definition) is 7. The van der Waals surface area contributed by atoms with E-state index in [1.165, 1.54) is 88.2 Å². The van der Waals surface area contributed by atoms with E-state index in [4.69, 9.17) is 33.2 Å². The molecular weight excluding hydrogens is 640 g/mol. The Labute approximate surface area is 311 Å². The summed E-state index contributed by atoms with van der Waals surface area (Å²) in [7, 11) is 6.82. The largest absolute Gasteiger partial charge is 0.356 e. The van der Waals surface area contributed by atoms with Crippen molar-refractivity contribution >= 4 is 0 Å². The molecule has 2 rings (SSSR count). The summed E-state index contributed by atoms with van der Waals surface area (Å²) in [6, 6.07) is 17.4. The summed E-state index contributed by atoms with van der Waals surface area (Å²) < 4.78 is 37.8. The second-order valence-electron chi connectivity index (χ2n) is 13.3. The average molecular weight is 711 g/mol. The van der Waals surface area contributed by atoms with E-state index in [-0.39, 0.29) is 26.2 Å². The van der Waals surface area contributed by atoms with Crippen molar-refractivity contribution in [2.45, 2.75) is 141 Å². The molecule has 2 aromatic rings. The van der Waals surface area contributed by atoms with E-state index < -0.39 is 0 Å². The van der Waals surface area contributed by atoms with E-state index in [9.17, 15) is 0 Å². The zero-order chi connectivity index (χ0) is 36.5. The highest BCUT2D eigenvalue weighted by Gasteiger charge is 2.04. The molecule has 7 nitrogen and oxygen atoms in total. The van der Waals surface area contributed by atoms with E-state index in [0.29, 0.717) is 13.2 Å². The smallest absolute Gasteiger partial charge is 0.156 e. The minimum atomic E-state index is -0.0492. The van der Waals surface area contributed by atoms with Crippen molar-refractivity contribution in [3.8, 4) is 0 Å². The molecule has 0 radical (unpaired) electrons. The van der Waals surface area contributed by atoms with Crippen molar-refractivity contribution in [2.24, 2.45) is 0 Å². The van der Waals surface area contributed by atoms with Crippen LogP contribution in [0.25, 0.3) is 0 Å². The Morgan fingerprint density at radius 2 is 0.725 bits per heavy atom. The molecule has 0 amide bonds. The average Bonchev–Trinajstić information content (AvgIpc) is 3.16. The number of methoxy groups -OCH3 is 4. The van der Waals surface area contributed by atoms with E-state index >= 15 is 0 Å². The van der Waals surface area contributed by atoms with Crippen molar-refractivity contribution in [1.29, 1.82) is 0 Å². The molecule has 288 valence electrons. The summed E-state index contributed by atoms with van der Waals surface area (Å²) in [5.74, 6) is 0. The highest BCUT2D eigenvalue weighted by atomic mass is 16.7.